The first-order valence-corrected chi connectivity index (χ1v) is 7.13. The van der Waals surface area contributed by atoms with Gasteiger partial charge in [0.05, 0.1) is 12.1 Å². The highest BCUT2D eigenvalue weighted by Gasteiger charge is 2.39. The second-order valence-electron chi connectivity index (χ2n) is 5.46. The minimum absolute atomic E-state index is 0.198. The van der Waals surface area contributed by atoms with Crippen LogP contribution in [0.25, 0.3) is 0 Å². The molecule has 3 rings (SSSR count). The Balaban J connectivity index is 1.95. The Morgan fingerprint density at radius 3 is 2.80 bits per heavy atom. The number of ether oxygens (including phenoxy) is 2. The lowest BCUT2D eigenvalue weighted by Gasteiger charge is -2.37. The van der Waals surface area contributed by atoms with Crippen LogP contribution < -0.4 is 15.2 Å². The average molecular weight is 275 g/mol. The molecule has 0 amide bonds. The highest BCUT2D eigenvalue weighted by atomic mass is 16.6. The number of benzene rings is 1. The molecule has 0 aromatic heterocycles. The molecular weight excluding hydrogens is 254 g/mol. The van der Waals surface area contributed by atoms with Crippen LogP contribution in [0.5, 0.6) is 11.5 Å². The van der Waals surface area contributed by atoms with Gasteiger partial charge in [0.1, 0.15) is 13.2 Å². The first-order chi connectivity index (χ1) is 9.65. The van der Waals surface area contributed by atoms with E-state index in [0.717, 1.165) is 24.5 Å². The van der Waals surface area contributed by atoms with Crippen molar-refractivity contribution in [2.45, 2.75) is 25.8 Å². The van der Waals surface area contributed by atoms with Gasteiger partial charge in [-0.15, -0.1) is 0 Å². The highest BCUT2D eigenvalue weighted by molar-refractivity contribution is 5.81. The molecule has 0 spiro atoms. The third-order valence-electron chi connectivity index (χ3n) is 4.03. The fourth-order valence-corrected chi connectivity index (χ4v) is 2.87. The third-order valence-corrected chi connectivity index (χ3v) is 4.03. The Labute approximate surface area is 119 Å². The lowest BCUT2D eigenvalue weighted by Crippen LogP contribution is -2.47. The van der Waals surface area contributed by atoms with Crippen molar-refractivity contribution < 1.29 is 9.47 Å². The summed E-state index contributed by atoms with van der Waals surface area (Å²) in [4.78, 5) is 6.61. The molecule has 0 fully saturated rings. The van der Waals surface area contributed by atoms with Crippen molar-refractivity contribution in [3.8, 4) is 11.5 Å². The fourth-order valence-electron chi connectivity index (χ4n) is 2.87. The van der Waals surface area contributed by atoms with Crippen LogP contribution in [-0.2, 0) is 5.54 Å². The van der Waals surface area contributed by atoms with E-state index in [2.05, 4.69) is 35.9 Å². The summed E-state index contributed by atoms with van der Waals surface area (Å²) in [6.07, 6.45) is 1.04. The summed E-state index contributed by atoms with van der Waals surface area (Å²) in [5.41, 5.74) is 7.00. The van der Waals surface area contributed by atoms with Crippen molar-refractivity contribution in [3.05, 3.63) is 23.8 Å². The predicted molar refractivity (Wildman–Crippen MR) is 78.3 cm³/mol. The molecular formula is C15H21N3O2. The Morgan fingerprint density at radius 2 is 2.05 bits per heavy atom. The summed E-state index contributed by atoms with van der Waals surface area (Å²) in [5.74, 6) is 2.26. The molecule has 1 atom stereocenters. The van der Waals surface area contributed by atoms with E-state index < -0.39 is 0 Å². The van der Waals surface area contributed by atoms with Gasteiger partial charge < -0.3 is 20.1 Å². The monoisotopic (exact) mass is 275 g/mol. The number of hydrogen-bond donors (Lipinski definition) is 1. The van der Waals surface area contributed by atoms with Gasteiger partial charge in [0.2, 0.25) is 0 Å². The summed E-state index contributed by atoms with van der Waals surface area (Å²) in [6, 6.07) is 6.13. The van der Waals surface area contributed by atoms with E-state index in [1.54, 1.807) is 0 Å². The van der Waals surface area contributed by atoms with Crippen LogP contribution in [0.2, 0.25) is 0 Å². The van der Waals surface area contributed by atoms with Gasteiger partial charge in [0.25, 0.3) is 0 Å². The number of guanidine groups is 1. The largest absolute Gasteiger partial charge is 0.486 e. The van der Waals surface area contributed by atoms with Gasteiger partial charge in [0, 0.05) is 6.54 Å². The van der Waals surface area contributed by atoms with Crippen LogP contribution in [0.4, 0.5) is 0 Å². The summed E-state index contributed by atoms with van der Waals surface area (Å²) >= 11 is 0. The van der Waals surface area contributed by atoms with E-state index in [1.807, 2.05) is 6.07 Å². The van der Waals surface area contributed by atoms with Crippen molar-refractivity contribution in [1.82, 2.24) is 4.90 Å². The molecule has 0 aliphatic carbocycles. The molecule has 2 heterocycles. The smallest absolute Gasteiger partial charge is 0.192 e. The number of nitrogens with two attached hydrogens (primary N) is 1. The van der Waals surface area contributed by atoms with Gasteiger partial charge in [-0.25, -0.2) is 0 Å². The molecule has 0 saturated heterocycles. The predicted octanol–water partition coefficient (Wildman–Crippen LogP) is 1.71. The van der Waals surface area contributed by atoms with Crippen LogP contribution in [0, 0.1) is 0 Å². The zero-order valence-corrected chi connectivity index (χ0v) is 12.1. The second kappa shape index (κ2) is 4.89. The second-order valence-corrected chi connectivity index (χ2v) is 5.46. The molecule has 1 aromatic carbocycles. The number of rotatable bonds is 3. The molecule has 5 nitrogen and oxygen atoms in total. The fraction of sp³-hybridized carbons (Fsp3) is 0.533. The summed E-state index contributed by atoms with van der Waals surface area (Å²) < 4.78 is 11.3. The Hall–Kier alpha value is -1.91. The molecule has 2 aliphatic heterocycles. The quantitative estimate of drug-likeness (QED) is 0.912. The molecule has 2 N–H and O–H groups in total. The first-order valence-electron chi connectivity index (χ1n) is 7.13. The Morgan fingerprint density at radius 1 is 1.30 bits per heavy atom. The van der Waals surface area contributed by atoms with Crippen LogP contribution in [0.3, 0.4) is 0 Å². The molecule has 108 valence electrons. The van der Waals surface area contributed by atoms with Crippen LogP contribution in [0.1, 0.15) is 25.8 Å². The van der Waals surface area contributed by atoms with E-state index in [1.165, 1.54) is 5.56 Å². The van der Waals surface area contributed by atoms with Crippen molar-refractivity contribution in [1.29, 1.82) is 0 Å². The van der Waals surface area contributed by atoms with Gasteiger partial charge in [-0.05, 0) is 31.0 Å². The maximum atomic E-state index is 6.04. The van der Waals surface area contributed by atoms with E-state index in [9.17, 15) is 0 Å². The maximum Gasteiger partial charge on any atom is 0.192 e. The zero-order chi connectivity index (χ0) is 14.2. The molecule has 0 saturated carbocycles. The molecule has 5 heteroatoms. The number of nitrogens with zero attached hydrogens (tertiary/aromatic N) is 2. The Kier molecular flexibility index (Phi) is 3.20. The third kappa shape index (κ3) is 1.97. The molecule has 0 radical (unpaired) electrons. The topological polar surface area (TPSA) is 60.1 Å². The van der Waals surface area contributed by atoms with Crippen LogP contribution in [-0.4, -0.2) is 37.2 Å². The van der Waals surface area contributed by atoms with E-state index >= 15 is 0 Å². The lowest BCUT2D eigenvalue weighted by atomic mass is 9.90. The minimum Gasteiger partial charge on any atom is -0.486 e. The van der Waals surface area contributed by atoms with Gasteiger partial charge >= 0.3 is 0 Å². The van der Waals surface area contributed by atoms with Gasteiger partial charge in [0.15, 0.2) is 17.5 Å². The van der Waals surface area contributed by atoms with Gasteiger partial charge in [-0.1, -0.05) is 13.0 Å². The Bertz CT molecular complexity index is 544. The van der Waals surface area contributed by atoms with Crippen molar-refractivity contribution in [2.75, 3.05) is 26.3 Å². The van der Waals surface area contributed by atoms with Crippen LogP contribution in [0.15, 0.2) is 23.2 Å². The minimum atomic E-state index is -0.198. The number of hydrogen-bond acceptors (Lipinski definition) is 5. The standard InChI is InChI=1S/C15H21N3O2/c1-3-6-18-14(16)17-10-15(18,2)11-4-5-12-13(9-11)20-8-7-19-12/h4-5,9H,3,6-8,10H2,1-2H3,(H2,16,17). The van der Waals surface area contributed by atoms with Crippen molar-refractivity contribution in [3.63, 3.8) is 0 Å². The number of fused-ring (bicyclic) bond motifs is 1. The van der Waals surface area contributed by atoms with Crippen LogP contribution >= 0.6 is 0 Å². The summed E-state index contributed by atoms with van der Waals surface area (Å²) in [7, 11) is 0. The van der Waals surface area contributed by atoms with E-state index in [0.29, 0.717) is 25.7 Å². The maximum absolute atomic E-state index is 6.04. The zero-order valence-electron chi connectivity index (χ0n) is 12.1. The number of aliphatic imine (C=N–C) groups is 1. The molecule has 0 bridgehead atoms. The van der Waals surface area contributed by atoms with Crippen molar-refractivity contribution in [2.24, 2.45) is 10.7 Å². The highest BCUT2D eigenvalue weighted by Crippen LogP contribution is 2.38. The van der Waals surface area contributed by atoms with E-state index in [4.69, 9.17) is 15.2 Å². The summed E-state index contributed by atoms with van der Waals surface area (Å²) in [5, 5.41) is 0. The molecule has 20 heavy (non-hydrogen) atoms. The SMILES string of the molecule is CCCN1C(N)=NCC1(C)c1ccc2c(c1)OCCO2. The van der Waals surface area contributed by atoms with E-state index in [-0.39, 0.29) is 5.54 Å². The molecule has 1 aromatic rings. The normalized spacial score (nSPS) is 24.7. The average Bonchev–Trinajstić information content (AvgIpc) is 2.77. The first kappa shape index (κ1) is 13.1. The van der Waals surface area contributed by atoms with Gasteiger partial charge in [-0.3, -0.25) is 4.99 Å². The molecule has 1 unspecified atom stereocenters. The summed E-state index contributed by atoms with van der Waals surface area (Å²) in [6.45, 7) is 7.12. The van der Waals surface area contributed by atoms with Gasteiger partial charge in [-0.2, -0.15) is 0 Å². The molecule has 2 aliphatic rings. The van der Waals surface area contributed by atoms with Crippen molar-refractivity contribution >= 4 is 5.96 Å². The lowest BCUT2D eigenvalue weighted by molar-refractivity contribution is 0.169.